The second-order valence-corrected chi connectivity index (χ2v) is 3.47. The molecule has 0 saturated heterocycles. The molecule has 82 valence electrons. The molecule has 0 fully saturated rings. The monoisotopic (exact) mass is 209 g/mol. The Morgan fingerprint density at radius 3 is 2.53 bits per heavy atom. The van der Waals surface area contributed by atoms with Gasteiger partial charge in [0.25, 0.3) is 0 Å². The van der Waals surface area contributed by atoms with Gasteiger partial charge in [-0.2, -0.15) is 0 Å². The Hall–Kier alpha value is -1.51. The van der Waals surface area contributed by atoms with Crippen LogP contribution in [-0.2, 0) is 0 Å². The van der Waals surface area contributed by atoms with E-state index in [0.717, 1.165) is 11.1 Å². The summed E-state index contributed by atoms with van der Waals surface area (Å²) in [4.78, 5) is 0. The van der Waals surface area contributed by atoms with Crippen LogP contribution in [0.5, 0.6) is 5.75 Å². The molecule has 0 atom stereocenters. The number of ether oxygens (including phenoxy) is 1. The SMILES string of the molecule is C=C(C)c1c(C)c(F)cc(NC)c1OC. The minimum absolute atomic E-state index is 0.252. The fourth-order valence-corrected chi connectivity index (χ4v) is 1.64. The molecule has 2 nitrogen and oxygen atoms in total. The van der Waals surface area contributed by atoms with Crippen LogP contribution in [-0.4, -0.2) is 14.2 Å². The van der Waals surface area contributed by atoms with Crippen LogP contribution in [0.15, 0.2) is 12.6 Å². The molecule has 1 N–H and O–H groups in total. The topological polar surface area (TPSA) is 21.3 Å². The fraction of sp³-hybridized carbons (Fsp3) is 0.333. The number of benzene rings is 1. The zero-order valence-corrected chi connectivity index (χ0v) is 9.57. The minimum Gasteiger partial charge on any atom is -0.494 e. The predicted molar refractivity (Wildman–Crippen MR) is 61.9 cm³/mol. The lowest BCUT2D eigenvalue weighted by Gasteiger charge is -2.16. The maximum absolute atomic E-state index is 13.6. The number of hydrogen-bond donors (Lipinski definition) is 1. The Bertz CT molecular complexity index is 399. The molecule has 0 aliphatic rings. The highest BCUT2D eigenvalue weighted by Crippen LogP contribution is 2.36. The molecule has 0 amide bonds. The van der Waals surface area contributed by atoms with Crippen LogP contribution in [0.1, 0.15) is 18.1 Å². The summed E-state index contributed by atoms with van der Waals surface area (Å²) >= 11 is 0. The number of rotatable bonds is 3. The number of halogens is 1. The van der Waals surface area contributed by atoms with Crippen molar-refractivity contribution in [3.05, 3.63) is 29.6 Å². The van der Waals surface area contributed by atoms with Crippen molar-refractivity contribution in [2.24, 2.45) is 0 Å². The van der Waals surface area contributed by atoms with Crippen molar-refractivity contribution in [1.82, 2.24) is 0 Å². The van der Waals surface area contributed by atoms with Gasteiger partial charge >= 0.3 is 0 Å². The minimum atomic E-state index is -0.252. The maximum Gasteiger partial charge on any atom is 0.149 e. The highest BCUT2D eigenvalue weighted by molar-refractivity contribution is 5.77. The molecule has 0 bridgehead atoms. The lowest BCUT2D eigenvalue weighted by atomic mass is 10.00. The second kappa shape index (κ2) is 4.34. The maximum atomic E-state index is 13.6. The molecule has 0 aliphatic heterocycles. The first kappa shape index (κ1) is 11.6. The molecule has 3 heteroatoms. The van der Waals surface area contributed by atoms with Crippen molar-refractivity contribution in [3.63, 3.8) is 0 Å². The van der Waals surface area contributed by atoms with Gasteiger partial charge in [0.05, 0.1) is 12.8 Å². The van der Waals surface area contributed by atoms with Crippen molar-refractivity contribution in [3.8, 4) is 5.75 Å². The Morgan fingerprint density at radius 1 is 1.53 bits per heavy atom. The summed E-state index contributed by atoms with van der Waals surface area (Å²) in [6, 6.07) is 1.43. The van der Waals surface area contributed by atoms with Gasteiger partial charge in [0, 0.05) is 18.7 Å². The first-order chi connectivity index (χ1) is 7.02. The van der Waals surface area contributed by atoms with E-state index in [9.17, 15) is 4.39 Å². The van der Waals surface area contributed by atoms with E-state index in [-0.39, 0.29) is 5.82 Å². The third-order valence-corrected chi connectivity index (χ3v) is 2.38. The van der Waals surface area contributed by atoms with Crippen LogP contribution in [0.2, 0.25) is 0 Å². The van der Waals surface area contributed by atoms with Gasteiger partial charge in [-0.3, -0.25) is 0 Å². The molecule has 0 heterocycles. The van der Waals surface area contributed by atoms with Gasteiger partial charge in [-0.15, -0.1) is 0 Å². The summed E-state index contributed by atoms with van der Waals surface area (Å²) in [7, 11) is 3.30. The lowest BCUT2D eigenvalue weighted by Crippen LogP contribution is -2.01. The first-order valence-corrected chi connectivity index (χ1v) is 4.73. The zero-order chi connectivity index (χ0) is 11.6. The van der Waals surface area contributed by atoms with Crippen molar-refractivity contribution in [1.29, 1.82) is 0 Å². The molecule has 1 rings (SSSR count). The van der Waals surface area contributed by atoms with Crippen LogP contribution in [0, 0.1) is 12.7 Å². The number of allylic oxidation sites excluding steroid dienone is 1. The van der Waals surface area contributed by atoms with Gasteiger partial charge in [0.1, 0.15) is 11.6 Å². The summed E-state index contributed by atoms with van der Waals surface area (Å²) in [5, 5.41) is 2.90. The summed E-state index contributed by atoms with van der Waals surface area (Å²) in [5.41, 5.74) is 2.74. The van der Waals surface area contributed by atoms with E-state index < -0.39 is 0 Å². The van der Waals surface area contributed by atoms with E-state index >= 15 is 0 Å². The van der Waals surface area contributed by atoms with Gasteiger partial charge in [0.2, 0.25) is 0 Å². The van der Waals surface area contributed by atoms with Gasteiger partial charge in [0.15, 0.2) is 0 Å². The molecule has 1 aromatic carbocycles. The van der Waals surface area contributed by atoms with Crippen molar-refractivity contribution in [2.45, 2.75) is 13.8 Å². The summed E-state index contributed by atoms with van der Waals surface area (Å²) < 4.78 is 18.8. The van der Waals surface area contributed by atoms with E-state index in [1.54, 1.807) is 21.1 Å². The standard InChI is InChI=1S/C12H16FNO/c1-7(2)11-8(3)9(13)6-10(14-4)12(11)15-5/h6,14H,1H2,2-5H3. The molecule has 0 aliphatic carbocycles. The summed E-state index contributed by atoms with van der Waals surface area (Å²) in [6.45, 7) is 7.40. The predicted octanol–water partition coefficient (Wildman–Crippen LogP) is 3.22. The molecule has 0 aromatic heterocycles. The number of methoxy groups -OCH3 is 1. The van der Waals surface area contributed by atoms with E-state index in [1.807, 2.05) is 6.92 Å². The Kier molecular flexibility index (Phi) is 3.35. The van der Waals surface area contributed by atoms with Crippen LogP contribution >= 0.6 is 0 Å². The van der Waals surface area contributed by atoms with Crippen molar-refractivity contribution in [2.75, 3.05) is 19.5 Å². The van der Waals surface area contributed by atoms with Gasteiger partial charge < -0.3 is 10.1 Å². The largest absolute Gasteiger partial charge is 0.494 e. The highest BCUT2D eigenvalue weighted by Gasteiger charge is 2.15. The molecular weight excluding hydrogens is 193 g/mol. The molecule has 0 spiro atoms. The Labute approximate surface area is 89.8 Å². The van der Waals surface area contributed by atoms with E-state index in [1.165, 1.54) is 6.07 Å². The average Bonchev–Trinajstić information content (AvgIpc) is 2.20. The number of hydrogen-bond acceptors (Lipinski definition) is 2. The van der Waals surface area contributed by atoms with Crippen LogP contribution in [0.4, 0.5) is 10.1 Å². The quantitative estimate of drug-likeness (QED) is 0.825. The van der Waals surface area contributed by atoms with Crippen molar-refractivity contribution >= 4 is 11.3 Å². The molecule has 0 unspecified atom stereocenters. The smallest absolute Gasteiger partial charge is 0.149 e. The van der Waals surface area contributed by atoms with Crippen LogP contribution in [0.25, 0.3) is 5.57 Å². The molecule has 0 saturated carbocycles. The molecule has 0 radical (unpaired) electrons. The number of nitrogens with one attached hydrogen (secondary N) is 1. The normalized spacial score (nSPS) is 9.93. The highest BCUT2D eigenvalue weighted by atomic mass is 19.1. The zero-order valence-electron chi connectivity index (χ0n) is 9.57. The average molecular weight is 209 g/mol. The molecule has 15 heavy (non-hydrogen) atoms. The summed E-state index contributed by atoms with van der Waals surface area (Å²) in [5.74, 6) is 0.391. The molecular formula is C12H16FNO. The van der Waals surface area contributed by atoms with E-state index in [0.29, 0.717) is 17.0 Å². The van der Waals surface area contributed by atoms with Gasteiger partial charge in [-0.25, -0.2) is 4.39 Å². The summed E-state index contributed by atoms with van der Waals surface area (Å²) in [6.07, 6.45) is 0. The van der Waals surface area contributed by atoms with Gasteiger partial charge in [-0.1, -0.05) is 6.58 Å². The Balaban J connectivity index is 3.56. The van der Waals surface area contributed by atoms with Gasteiger partial charge in [-0.05, 0) is 25.0 Å². The molecule has 1 aromatic rings. The third-order valence-electron chi connectivity index (χ3n) is 2.38. The third kappa shape index (κ3) is 1.96. The Morgan fingerprint density at radius 2 is 2.13 bits per heavy atom. The lowest BCUT2D eigenvalue weighted by molar-refractivity contribution is 0.413. The first-order valence-electron chi connectivity index (χ1n) is 4.73. The van der Waals surface area contributed by atoms with Crippen LogP contribution < -0.4 is 10.1 Å². The van der Waals surface area contributed by atoms with E-state index in [2.05, 4.69) is 11.9 Å². The number of anilines is 1. The van der Waals surface area contributed by atoms with E-state index in [4.69, 9.17) is 4.74 Å². The second-order valence-electron chi connectivity index (χ2n) is 3.47. The fourth-order valence-electron chi connectivity index (χ4n) is 1.64. The van der Waals surface area contributed by atoms with Crippen molar-refractivity contribution < 1.29 is 9.13 Å². The van der Waals surface area contributed by atoms with Crippen LogP contribution in [0.3, 0.4) is 0 Å².